The lowest BCUT2D eigenvalue weighted by atomic mass is 10.1. The van der Waals surface area contributed by atoms with Crippen molar-refractivity contribution in [2.45, 2.75) is 25.6 Å². The average molecular weight is 196 g/mol. The minimum Gasteiger partial charge on any atom is -0.364 e. The predicted molar refractivity (Wildman–Crippen MR) is 42.7 cm³/mol. The van der Waals surface area contributed by atoms with Crippen molar-refractivity contribution in [2.24, 2.45) is 0 Å². The second-order valence-corrected chi connectivity index (χ2v) is 3.33. The molecule has 0 bridgehead atoms. The maximum absolute atomic E-state index is 10.2. The van der Waals surface area contributed by atoms with Crippen LogP contribution in [0.4, 0.5) is 0 Å². The molecule has 72 valence electrons. The summed E-state index contributed by atoms with van der Waals surface area (Å²) in [4.78, 5) is 0. The topological polar surface area (TPSA) is 83.8 Å². The molecular weight excluding hydrogens is 184 g/mol. The van der Waals surface area contributed by atoms with Crippen LogP contribution in [0.2, 0.25) is 0 Å². The molecule has 6 heteroatoms. The van der Waals surface area contributed by atoms with Gasteiger partial charge in [-0.3, -0.25) is 4.55 Å². The summed E-state index contributed by atoms with van der Waals surface area (Å²) in [5, 5.41) is 9.32. The molecule has 0 fully saturated rings. The van der Waals surface area contributed by atoms with E-state index in [1.54, 1.807) is 0 Å². The van der Waals surface area contributed by atoms with E-state index < -0.39 is 16.2 Å². The fraction of sp³-hybridized carbons (Fsp3) is 0.667. The van der Waals surface area contributed by atoms with Gasteiger partial charge in [0.15, 0.2) is 5.79 Å². The van der Waals surface area contributed by atoms with Gasteiger partial charge in [-0.15, -0.1) is 6.58 Å². The summed E-state index contributed by atoms with van der Waals surface area (Å²) in [6, 6.07) is 0. The fourth-order valence-corrected chi connectivity index (χ4v) is 1.24. The molecule has 0 spiro atoms. The lowest BCUT2D eigenvalue weighted by molar-refractivity contribution is -0.137. The Morgan fingerprint density at radius 1 is 1.67 bits per heavy atom. The van der Waals surface area contributed by atoms with Crippen molar-refractivity contribution in [3.8, 4) is 0 Å². The molecule has 0 radical (unpaired) electrons. The van der Waals surface area contributed by atoms with Crippen molar-refractivity contribution in [2.75, 3.05) is 0 Å². The summed E-state index contributed by atoms with van der Waals surface area (Å²) >= 11 is 0. The normalized spacial score (nSPS) is 16.9. The molecular formula is C6H12O5S. The highest BCUT2D eigenvalue weighted by molar-refractivity contribution is 7.80. The summed E-state index contributed by atoms with van der Waals surface area (Å²) in [5.41, 5.74) is 0. The van der Waals surface area contributed by atoms with Crippen LogP contribution in [0.3, 0.4) is 0 Å². The Balaban J connectivity index is 4.44. The molecule has 0 aromatic carbocycles. The van der Waals surface area contributed by atoms with Crippen molar-refractivity contribution in [1.29, 1.82) is 0 Å². The summed E-state index contributed by atoms with van der Waals surface area (Å²) in [6.07, 6.45) is 1.27. The molecule has 1 unspecified atom stereocenters. The van der Waals surface area contributed by atoms with Gasteiger partial charge in [-0.25, -0.2) is 4.18 Å². The molecule has 0 aliphatic rings. The van der Waals surface area contributed by atoms with Crippen LogP contribution in [0, 0.1) is 0 Å². The van der Waals surface area contributed by atoms with Crippen LogP contribution in [0.25, 0.3) is 0 Å². The predicted octanol–water partition coefficient (Wildman–Crippen LogP) is 0.480. The number of hydrogen-bond acceptors (Lipinski definition) is 4. The largest absolute Gasteiger partial charge is 0.400 e. The first-order chi connectivity index (χ1) is 5.33. The Morgan fingerprint density at radius 3 is 2.42 bits per heavy atom. The lowest BCUT2D eigenvalue weighted by Gasteiger charge is -2.22. The van der Waals surface area contributed by atoms with E-state index in [1.165, 1.54) is 13.0 Å². The minimum absolute atomic E-state index is 0.0405. The van der Waals surface area contributed by atoms with E-state index in [-0.39, 0.29) is 12.8 Å². The molecule has 0 aliphatic carbocycles. The Labute approximate surface area is 71.6 Å². The highest BCUT2D eigenvalue weighted by atomic mass is 32.3. The van der Waals surface area contributed by atoms with E-state index in [4.69, 9.17) is 4.55 Å². The summed E-state index contributed by atoms with van der Waals surface area (Å²) < 4.78 is 32.7. The number of aliphatic hydroxyl groups is 1. The maximum Gasteiger partial charge on any atom is 0.400 e. The van der Waals surface area contributed by atoms with Gasteiger partial charge in [-0.05, 0) is 6.42 Å². The Bertz CT molecular complexity index is 245. The minimum atomic E-state index is -4.61. The summed E-state index contributed by atoms with van der Waals surface area (Å²) in [7, 11) is -4.61. The van der Waals surface area contributed by atoms with Gasteiger partial charge in [-0.2, -0.15) is 8.42 Å². The second kappa shape index (κ2) is 3.99. The van der Waals surface area contributed by atoms with Crippen molar-refractivity contribution in [3.63, 3.8) is 0 Å². The molecule has 12 heavy (non-hydrogen) atoms. The average Bonchev–Trinajstić information content (AvgIpc) is 1.84. The Morgan fingerprint density at radius 2 is 2.17 bits per heavy atom. The van der Waals surface area contributed by atoms with Gasteiger partial charge in [0, 0.05) is 6.42 Å². The standard InChI is InChI=1S/C6H12O5S/c1-3-5-6(7,4-2)11-12(8,9)10/h3,7H,1,4-5H2,2H3,(H,8,9,10). The molecule has 0 saturated carbocycles. The van der Waals surface area contributed by atoms with Gasteiger partial charge < -0.3 is 5.11 Å². The van der Waals surface area contributed by atoms with E-state index in [0.29, 0.717) is 0 Å². The van der Waals surface area contributed by atoms with Gasteiger partial charge in [-0.1, -0.05) is 13.0 Å². The molecule has 5 nitrogen and oxygen atoms in total. The molecule has 0 aromatic heterocycles. The molecule has 0 amide bonds. The summed E-state index contributed by atoms with van der Waals surface area (Å²) in [6.45, 7) is 4.83. The molecule has 2 N–H and O–H groups in total. The zero-order valence-corrected chi connectivity index (χ0v) is 7.54. The number of rotatable bonds is 5. The van der Waals surface area contributed by atoms with E-state index in [9.17, 15) is 13.5 Å². The van der Waals surface area contributed by atoms with Crippen LogP contribution in [0.15, 0.2) is 12.7 Å². The fourth-order valence-electron chi connectivity index (χ4n) is 0.659. The Hall–Kier alpha value is -0.430. The highest BCUT2D eigenvalue weighted by Gasteiger charge is 2.29. The van der Waals surface area contributed by atoms with Crippen molar-refractivity contribution < 1.29 is 22.3 Å². The van der Waals surface area contributed by atoms with Gasteiger partial charge in [0.25, 0.3) is 0 Å². The third kappa shape index (κ3) is 4.45. The van der Waals surface area contributed by atoms with Gasteiger partial charge >= 0.3 is 10.4 Å². The second-order valence-electron chi connectivity index (χ2n) is 2.30. The number of hydrogen-bond donors (Lipinski definition) is 2. The molecule has 0 saturated heterocycles. The van der Waals surface area contributed by atoms with Gasteiger partial charge in [0.2, 0.25) is 0 Å². The maximum atomic E-state index is 10.2. The quantitative estimate of drug-likeness (QED) is 0.379. The van der Waals surface area contributed by atoms with E-state index in [2.05, 4.69) is 10.8 Å². The van der Waals surface area contributed by atoms with Crippen LogP contribution in [-0.4, -0.2) is 23.9 Å². The van der Waals surface area contributed by atoms with Crippen molar-refractivity contribution in [1.82, 2.24) is 0 Å². The first kappa shape index (κ1) is 11.6. The van der Waals surface area contributed by atoms with Crippen LogP contribution >= 0.6 is 0 Å². The smallest absolute Gasteiger partial charge is 0.364 e. The highest BCUT2D eigenvalue weighted by Crippen LogP contribution is 2.19. The lowest BCUT2D eigenvalue weighted by Crippen LogP contribution is -2.33. The van der Waals surface area contributed by atoms with Gasteiger partial charge in [0.05, 0.1) is 0 Å². The van der Waals surface area contributed by atoms with Crippen LogP contribution in [0.1, 0.15) is 19.8 Å². The first-order valence-electron chi connectivity index (χ1n) is 3.34. The SMILES string of the molecule is C=CCC(O)(CC)OS(=O)(=O)O. The van der Waals surface area contributed by atoms with Crippen LogP contribution < -0.4 is 0 Å². The Kier molecular flexibility index (Phi) is 3.85. The summed E-state index contributed by atoms with van der Waals surface area (Å²) in [5.74, 6) is -1.88. The molecule has 1 atom stereocenters. The molecule has 0 aliphatic heterocycles. The molecule has 0 heterocycles. The van der Waals surface area contributed by atoms with Gasteiger partial charge in [0.1, 0.15) is 0 Å². The zero-order chi connectivity index (χ0) is 9.83. The third-order valence-electron chi connectivity index (χ3n) is 1.28. The van der Waals surface area contributed by atoms with E-state index in [1.807, 2.05) is 0 Å². The third-order valence-corrected chi connectivity index (χ3v) is 1.80. The van der Waals surface area contributed by atoms with E-state index in [0.717, 1.165) is 0 Å². The molecule has 0 rings (SSSR count). The van der Waals surface area contributed by atoms with Crippen molar-refractivity contribution >= 4 is 10.4 Å². The monoisotopic (exact) mass is 196 g/mol. The van der Waals surface area contributed by atoms with Crippen LogP contribution in [-0.2, 0) is 14.6 Å². The zero-order valence-electron chi connectivity index (χ0n) is 6.73. The van der Waals surface area contributed by atoms with Crippen LogP contribution in [0.5, 0.6) is 0 Å². The first-order valence-corrected chi connectivity index (χ1v) is 4.71. The van der Waals surface area contributed by atoms with Crippen molar-refractivity contribution in [3.05, 3.63) is 12.7 Å². The molecule has 0 aromatic rings. The van der Waals surface area contributed by atoms with E-state index >= 15 is 0 Å².